The molecule has 1 aliphatic heterocycles. The third kappa shape index (κ3) is 5.21. The van der Waals surface area contributed by atoms with Crippen LogP contribution in [0.2, 0.25) is 0 Å². The van der Waals surface area contributed by atoms with Crippen LogP contribution in [0.1, 0.15) is 38.5 Å². The number of nitrogens with one attached hydrogen (secondary N) is 2. The molecule has 10 heteroatoms. The highest BCUT2D eigenvalue weighted by atomic mass is 16.5. The van der Waals surface area contributed by atoms with E-state index in [0.29, 0.717) is 30.4 Å². The Morgan fingerprint density at radius 1 is 1.34 bits per heavy atom. The van der Waals surface area contributed by atoms with Gasteiger partial charge in [0.05, 0.1) is 12.5 Å². The lowest BCUT2D eigenvalue weighted by atomic mass is 9.92. The van der Waals surface area contributed by atoms with Crippen LogP contribution < -0.4 is 15.5 Å². The van der Waals surface area contributed by atoms with Crippen molar-refractivity contribution in [2.45, 2.75) is 44.6 Å². The van der Waals surface area contributed by atoms with Crippen molar-refractivity contribution in [2.24, 2.45) is 11.8 Å². The van der Waals surface area contributed by atoms with Crippen LogP contribution in [0.5, 0.6) is 0 Å². The molecule has 0 unspecified atom stereocenters. The van der Waals surface area contributed by atoms with E-state index in [9.17, 15) is 24.8 Å². The summed E-state index contributed by atoms with van der Waals surface area (Å²) in [5.41, 5.74) is 2.95. The summed E-state index contributed by atoms with van der Waals surface area (Å²) in [6.45, 7) is 0.338. The molecule has 2 aliphatic rings. The summed E-state index contributed by atoms with van der Waals surface area (Å²) in [7, 11) is 0. The molecule has 1 aliphatic carbocycles. The van der Waals surface area contributed by atoms with Crippen LogP contribution in [0, 0.1) is 11.8 Å². The second-order valence-electron chi connectivity index (χ2n) is 7.65. The maximum absolute atomic E-state index is 13.2. The fourth-order valence-electron chi connectivity index (χ4n) is 4.15. The monoisotopic (exact) mass is 406 g/mol. The van der Waals surface area contributed by atoms with Crippen LogP contribution >= 0.6 is 0 Å². The van der Waals surface area contributed by atoms with E-state index in [4.69, 9.17) is 0 Å². The van der Waals surface area contributed by atoms with E-state index in [1.165, 1.54) is 11.2 Å². The number of hydroxylamine groups is 2. The van der Waals surface area contributed by atoms with Gasteiger partial charge in [0, 0.05) is 12.6 Å². The van der Waals surface area contributed by atoms with Crippen LogP contribution in [0.4, 0.5) is 5.82 Å². The standard InChI is InChI=1S/C19H27N5O5/c25-13-22(28)12-15(11-14-5-1-2-6-14)19(27)24-16(8-9-20-24)18(26)21-17-7-3-4-10-23(17)29/h3-4,7,10,13-16,20,28-29H,1-2,5-6,8-9,11-12H2/p+1/t15-,16+/m1/s1. The molecule has 1 saturated heterocycles. The van der Waals surface area contributed by atoms with Crippen LogP contribution in [0.3, 0.4) is 0 Å². The highest BCUT2D eigenvalue weighted by Gasteiger charge is 2.40. The second kappa shape index (κ2) is 9.66. The number of nitrogens with zero attached hydrogens (tertiary/aromatic N) is 3. The third-order valence-corrected chi connectivity index (χ3v) is 5.61. The van der Waals surface area contributed by atoms with E-state index >= 15 is 0 Å². The van der Waals surface area contributed by atoms with Gasteiger partial charge in [-0.25, -0.2) is 20.6 Å². The van der Waals surface area contributed by atoms with E-state index in [1.807, 2.05) is 0 Å². The van der Waals surface area contributed by atoms with Crippen LogP contribution in [0.25, 0.3) is 0 Å². The summed E-state index contributed by atoms with van der Waals surface area (Å²) in [5, 5.41) is 23.9. The van der Waals surface area contributed by atoms with Crippen LogP contribution in [0.15, 0.2) is 24.4 Å². The number of amides is 3. The lowest BCUT2D eigenvalue weighted by molar-refractivity contribution is -0.893. The van der Waals surface area contributed by atoms with E-state index < -0.39 is 17.9 Å². The SMILES string of the molecule is O=CN(O)C[C@@H](CC1CCCC1)C(=O)N1NCC[C@H]1C(=O)Nc1cccc[n+]1O. The Morgan fingerprint density at radius 3 is 2.79 bits per heavy atom. The molecule has 1 aromatic heterocycles. The van der Waals surface area contributed by atoms with Gasteiger partial charge >= 0.3 is 11.7 Å². The molecule has 2 heterocycles. The minimum Gasteiger partial charge on any atom is -0.350 e. The molecule has 1 saturated carbocycles. The Labute approximate surface area is 169 Å². The lowest BCUT2D eigenvalue weighted by Gasteiger charge is -2.29. The number of hydrazine groups is 1. The van der Waals surface area contributed by atoms with Gasteiger partial charge in [0.25, 0.3) is 0 Å². The van der Waals surface area contributed by atoms with E-state index in [1.54, 1.807) is 18.2 Å². The van der Waals surface area contributed by atoms with Crippen molar-refractivity contribution in [3.8, 4) is 0 Å². The van der Waals surface area contributed by atoms with Gasteiger partial charge in [0.1, 0.15) is 6.20 Å². The second-order valence-corrected chi connectivity index (χ2v) is 7.65. The summed E-state index contributed by atoms with van der Waals surface area (Å²) in [6, 6.07) is 4.08. The Bertz CT molecular complexity index is 739. The molecule has 0 bridgehead atoms. The van der Waals surface area contributed by atoms with Crippen LogP contribution in [-0.4, -0.2) is 57.8 Å². The average molecular weight is 406 g/mol. The highest BCUT2D eigenvalue weighted by Crippen LogP contribution is 2.31. The maximum Gasteiger partial charge on any atom is 0.331 e. The Kier molecular flexibility index (Phi) is 6.99. The molecule has 0 aromatic carbocycles. The first kappa shape index (κ1) is 21.0. The molecule has 158 valence electrons. The molecule has 4 N–H and O–H groups in total. The lowest BCUT2D eigenvalue weighted by Crippen LogP contribution is -2.52. The predicted molar refractivity (Wildman–Crippen MR) is 100 cm³/mol. The minimum absolute atomic E-state index is 0.110. The zero-order chi connectivity index (χ0) is 20.8. The molecule has 1 aromatic rings. The number of carbonyl (C=O) groups excluding carboxylic acids is 3. The molecule has 0 radical (unpaired) electrons. The maximum atomic E-state index is 13.2. The molecule has 3 amide bonds. The van der Waals surface area contributed by atoms with E-state index in [0.717, 1.165) is 30.4 Å². The van der Waals surface area contributed by atoms with Gasteiger partial charge in [-0.15, -0.1) is 0 Å². The normalized spacial score (nSPS) is 20.4. The number of pyridine rings is 1. The molecule has 10 nitrogen and oxygen atoms in total. The molecule has 0 spiro atoms. The fraction of sp³-hybridized carbons (Fsp3) is 0.579. The van der Waals surface area contributed by atoms with Crippen molar-refractivity contribution in [3.05, 3.63) is 24.4 Å². The number of aromatic nitrogens is 1. The van der Waals surface area contributed by atoms with Gasteiger partial charge in [-0.3, -0.25) is 19.8 Å². The van der Waals surface area contributed by atoms with Crippen molar-refractivity contribution in [2.75, 3.05) is 18.4 Å². The number of rotatable bonds is 8. The Balaban J connectivity index is 1.70. The van der Waals surface area contributed by atoms with Crippen molar-refractivity contribution in [3.63, 3.8) is 0 Å². The Hall–Kier alpha value is -2.72. The van der Waals surface area contributed by atoms with Gasteiger partial charge in [-0.1, -0.05) is 36.5 Å². The molecule has 29 heavy (non-hydrogen) atoms. The topological polar surface area (TPSA) is 126 Å². The van der Waals surface area contributed by atoms with Gasteiger partial charge in [0.15, 0.2) is 6.04 Å². The molecular formula is C19H28N5O5+. The predicted octanol–water partition coefficient (Wildman–Crippen LogP) is 0.300. The summed E-state index contributed by atoms with van der Waals surface area (Å²) < 4.78 is 0.795. The highest BCUT2D eigenvalue weighted by molar-refractivity contribution is 5.96. The van der Waals surface area contributed by atoms with Gasteiger partial charge < -0.3 is 5.21 Å². The number of anilines is 1. The summed E-state index contributed by atoms with van der Waals surface area (Å²) in [4.78, 5) is 36.8. The minimum atomic E-state index is -0.753. The largest absolute Gasteiger partial charge is 0.350 e. The van der Waals surface area contributed by atoms with Crippen molar-refractivity contribution in [1.29, 1.82) is 0 Å². The zero-order valence-electron chi connectivity index (χ0n) is 16.2. The quantitative estimate of drug-likeness (QED) is 0.162. The zero-order valence-corrected chi connectivity index (χ0v) is 16.2. The third-order valence-electron chi connectivity index (χ3n) is 5.61. The van der Waals surface area contributed by atoms with Gasteiger partial charge in [-0.2, -0.15) is 0 Å². The number of carbonyl (C=O) groups is 3. The smallest absolute Gasteiger partial charge is 0.331 e. The van der Waals surface area contributed by atoms with E-state index in [-0.39, 0.29) is 24.7 Å². The van der Waals surface area contributed by atoms with Crippen molar-refractivity contribution in [1.82, 2.24) is 15.5 Å². The first-order valence-electron chi connectivity index (χ1n) is 9.97. The molecule has 2 fully saturated rings. The first-order valence-corrected chi connectivity index (χ1v) is 9.97. The van der Waals surface area contributed by atoms with Gasteiger partial charge in [0.2, 0.25) is 12.3 Å². The van der Waals surface area contributed by atoms with Crippen molar-refractivity contribution >= 4 is 24.0 Å². The van der Waals surface area contributed by atoms with Gasteiger partial charge in [-0.05, 0) is 24.8 Å². The summed E-state index contributed by atoms with van der Waals surface area (Å²) >= 11 is 0. The molecule has 3 rings (SSSR count). The Morgan fingerprint density at radius 2 is 2.10 bits per heavy atom. The first-order chi connectivity index (χ1) is 14.0. The van der Waals surface area contributed by atoms with Crippen LogP contribution in [-0.2, 0) is 14.4 Å². The summed E-state index contributed by atoms with van der Waals surface area (Å²) in [6.07, 6.45) is 6.94. The number of hydrogen-bond acceptors (Lipinski definition) is 6. The molecular weight excluding hydrogens is 378 g/mol. The fourth-order valence-corrected chi connectivity index (χ4v) is 4.15. The van der Waals surface area contributed by atoms with Crippen molar-refractivity contribution < 1.29 is 29.5 Å². The molecule has 2 atom stereocenters. The van der Waals surface area contributed by atoms with E-state index in [2.05, 4.69) is 10.7 Å². The average Bonchev–Trinajstić information content (AvgIpc) is 3.40. The number of hydrogen-bond donors (Lipinski definition) is 4. The summed E-state index contributed by atoms with van der Waals surface area (Å²) in [5.74, 6) is -0.777.